The fraction of sp³-hybridized carbons (Fsp3) is 0.517. The highest BCUT2D eigenvalue weighted by Gasteiger charge is 2.52. The van der Waals surface area contributed by atoms with Crippen molar-refractivity contribution in [3.05, 3.63) is 47.5 Å². The number of hydrogen-bond donors (Lipinski definition) is 2. The first-order chi connectivity index (χ1) is 21.4. The summed E-state index contributed by atoms with van der Waals surface area (Å²) in [5, 5.41) is 3.09. The Balaban J connectivity index is 0.000000293. The quantitative estimate of drug-likeness (QED) is 0.349. The van der Waals surface area contributed by atoms with E-state index < -0.39 is 29.7 Å². The van der Waals surface area contributed by atoms with Gasteiger partial charge in [0.05, 0.1) is 33.6 Å². The molecule has 0 amide bonds. The van der Waals surface area contributed by atoms with Gasteiger partial charge in [-0.2, -0.15) is 4.31 Å². The van der Waals surface area contributed by atoms with E-state index in [1.165, 1.54) is 18.5 Å². The number of sulfone groups is 2. The third kappa shape index (κ3) is 7.42. The molecule has 3 N–H and O–H groups in total. The second-order valence-electron chi connectivity index (χ2n) is 12.1. The molecule has 0 aromatic carbocycles. The lowest BCUT2D eigenvalue weighted by molar-refractivity contribution is 0.0910. The van der Waals surface area contributed by atoms with E-state index >= 15 is 0 Å². The zero-order chi connectivity index (χ0) is 33.6. The lowest BCUT2D eigenvalue weighted by atomic mass is 10.0. The predicted octanol–water partition coefficient (Wildman–Crippen LogP) is 2.88. The van der Waals surface area contributed by atoms with E-state index in [9.17, 15) is 25.3 Å². The minimum atomic E-state index is -3.39. The van der Waals surface area contributed by atoms with Gasteiger partial charge in [-0.15, -0.1) is 0 Å². The average Bonchev–Trinajstić information content (AvgIpc) is 3.78. The Morgan fingerprint density at radius 1 is 0.804 bits per heavy atom. The van der Waals surface area contributed by atoms with E-state index in [2.05, 4.69) is 25.3 Å². The van der Waals surface area contributed by atoms with Crippen LogP contribution in [0.25, 0.3) is 0 Å². The Morgan fingerprint density at radius 3 is 1.89 bits per heavy atom. The Hall–Kier alpha value is -3.41. The van der Waals surface area contributed by atoms with Crippen molar-refractivity contribution in [2.24, 2.45) is 0 Å². The van der Waals surface area contributed by atoms with Crippen molar-refractivity contribution in [3.8, 4) is 5.88 Å². The van der Waals surface area contributed by atoms with Crippen LogP contribution in [0.1, 0.15) is 55.5 Å². The zero-order valence-electron chi connectivity index (χ0n) is 26.3. The van der Waals surface area contributed by atoms with Crippen LogP contribution < -0.4 is 15.8 Å². The molecule has 14 nitrogen and oxygen atoms in total. The van der Waals surface area contributed by atoms with E-state index in [0.29, 0.717) is 47.3 Å². The van der Waals surface area contributed by atoms with E-state index in [4.69, 9.17) is 10.5 Å². The van der Waals surface area contributed by atoms with Crippen molar-refractivity contribution in [3.63, 3.8) is 0 Å². The van der Waals surface area contributed by atoms with Gasteiger partial charge in [-0.3, -0.25) is 0 Å². The summed E-state index contributed by atoms with van der Waals surface area (Å²) in [7, 11) is -9.79. The number of nitrogen functional groups attached to an aromatic ring is 1. The molecule has 3 aromatic heterocycles. The molecule has 6 rings (SSSR count). The number of nitrogens with zero attached hydrogens (tertiary/aromatic N) is 5. The second kappa shape index (κ2) is 12.7. The van der Waals surface area contributed by atoms with Crippen molar-refractivity contribution in [2.45, 2.75) is 92.8 Å². The molecule has 2 bridgehead atoms. The van der Waals surface area contributed by atoms with E-state index in [-0.39, 0.29) is 33.5 Å². The van der Waals surface area contributed by atoms with Gasteiger partial charge in [0.15, 0.2) is 29.7 Å². The smallest absolute Gasteiger partial charge is 0.221 e. The molecule has 5 heterocycles. The maximum absolute atomic E-state index is 12.9. The summed E-state index contributed by atoms with van der Waals surface area (Å²) in [6, 6.07) is 6.05. The summed E-state index contributed by atoms with van der Waals surface area (Å²) in [6.45, 7) is 5.25. The number of pyridine rings is 2. The van der Waals surface area contributed by atoms with Crippen LogP contribution in [-0.4, -0.2) is 85.4 Å². The number of fused-ring (bicyclic) bond motifs is 2. The van der Waals surface area contributed by atoms with Crippen molar-refractivity contribution in [1.82, 2.24) is 24.2 Å². The summed E-state index contributed by atoms with van der Waals surface area (Å²) in [5.74, 6) is 0.998. The van der Waals surface area contributed by atoms with Crippen LogP contribution in [-0.2, 0) is 29.7 Å². The van der Waals surface area contributed by atoms with Crippen LogP contribution in [0.2, 0.25) is 0 Å². The highest BCUT2D eigenvalue weighted by molar-refractivity contribution is 7.91. The van der Waals surface area contributed by atoms with Crippen LogP contribution in [0.3, 0.4) is 0 Å². The minimum absolute atomic E-state index is 0.00354. The fourth-order valence-electron chi connectivity index (χ4n) is 5.73. The van der Waals surface area contributed by atoms with Crippen LogP contribution in [0.15, 0.2) is 40.6 Å². The molecule has 250 valence electrons. The molecule has 3 aliphatic rings. The Labute approximate surface area is 270 Å². The fourth-order valence-corrected chi connectivity index (χ4v) is 9.26. The van der Waals surface area contributed by atoms with E-state index in [0.717, 1.165) is 43.8 Å². The number of nitrogens with two attached hydrogens (primary N) is 1. The number of anilines is 3. The second-order valence-corrected chi connectivity index (χ2v) is 18.1. The predicted molar refractivity (Wildman–Crippen MR) is 173 cm³/mol. The number of aryl methyl sites for hydroxylation is 2. The number of ether oxygens (including phenoxy) is 1. The number of aromatic nitrogens is 4. The van der Waals surface area contributed by atoms with Crippen molar-refractivity contribution in [2.75, 3.05) is 23.6 Å². The van der Waals surface area contributed by atoms with Gasteiger partial charge in [-0.05, 0) is 70.7 Å². The van der Waals surface area contributed by atoms with Crippen molar-refractivity contribution >= 4 is 46.9 Å². The molecule has 3 fully saturated rings. The molecule has 2 saturated heterocycles. The summed E-state index contributed by atoms with van der Waals surface area (Å²) in [6.07, 6.45) is 8.17. The lowest BCUT2D eigenvalue weighted by Gasteiger charge is -2.37. The number of hydrogen-bond acceptors (Lipinski definition) is 13. The van der Waals surface area contributed by atoms with Gasteiger partial charge in [0.2, 0.25) is 15.9 Å². The van der Waals surface area contributed by atoms with Gasteiger partial charge >= 0.3 is 0 Å². The highest BCUT2D eigenvalue weighted by atomic mass is 32.2. The van der Waals surface area contributed by atoms with Crippen LogP contribution in [0.4, 0.5) is 17.2 Å². The van der Waals surface area contributed by atoms with Crippen molar-refractivity contribution < 1.29 is 30.0 Å². The first-order valence-electron chi connectivity index (χ1n) is 14.8. The maximum Gasteiger partial charge on any atom is 0.221 e. The summed E-state index contributed by atoms with van der Waals surface area (Å²) < 4.78 is 79.3. The van der Waals surface area contributed by atoms with Gasteiger partial charge in [-0.1, -0.05) is 0 Å². The SMILES string of the molecule is Cc1nc(S(C)(=O)=O)ccc1N.Cc1nc(S(C)(=O)=O)ccc1Nc1ncnc(OC2CC3CCC(C2)N3S(=O)(=O)C2CC2)c1C. The molecule has 3 aromatic rings. The Kier molecular flexibility index (Phi) is 9.34. The van der Waals surface area contributed by atoms with Gasteiger partial charge in [0.1, 0.15) is 18.2 Å². The molecule has 0 radical (unpaired) electrons. The average molecular weight is 694 g/mol. The normalized spacial score (nSPS) is 21.7. The first-order valence-corrected chi connectivity index (χ1v) is 20.1. The molecule has 0 spiro atoms. The standard InChI is InChI=1S/C22H29N5O5S2.C7H10N2O2S/c1-13-21(26-19-8-9-20(25-14(19)2)33(3,28)29)23-12-24-22(13)32-17-10-15-4-5-16(11-17)27(15)34(30,31)18-6-7-18;1-5-6(8)3-4-7(9-5)12(2,10)11/h8-9,12,15-18H,4-7,10-11H2,1-3H3,(H,23,24,26);3-4H,8H2,1-2H3. The van der Waals surface area contributed by atoms with Crippen LogP contribution in [0.5, 0.6) is 5.88 Å². The molecule has 2 atom stereocenters. The Bertz CT molecular complexity index is 1950. The highest BCUT2D eigenvalue weighted by Crippen LogP contribution is 2.44. The summed E-state index contributed by atoms with van der Waals surface area (Å²) >= 11 is 0. The van der Waals surface area contributed by atoms with Crippen LogP contribution >= 0.6 is 0 Å². The first kappa shape index (κ1) is 33.9. The number of nitrogens with one attached hydrogen (secondary N) is 1. The molecular formula is C29H39N7O7S3. The van der Waals surface area contributed by atoms with Crippen LogP contribution in [0, 0.1) is 20.8 Å². The number of piperidine rings is 1. The number of rotatable bonds is 8. The summed E-state index contributed by atoms with van der Waals surface area (Å²) in [4.78, 5) is 16.6. The van der Waals surface area contributed by atoms with Crippen molar-refractivity contribution in [1.29, 1.82) is 0 Å². The Morgan fingerprint density at radius 2 is 1.37 bits per heavy atom. The lowest BCUT2D eigenvalue weighted by Crippen LogP contribution is -2.50. The van der Waals surface area contributed by atoms with E-state index in [1.807, 2.05) is 6.92 Å². The molecule has 46 heavy (non-hydrogen) atoms. The van der Waals surface area contributed by atoms with Gasteiger partial charge in [0, 0.05) is 37.4 Å². The summed E-state index contributed by atoms with van der Waals surface area (Å²) in [5.41, 5.74) is 8.40. The molecule has 17 heteroatoms. The monoisotopic (exact) mass is 693 g/mol. The molecular weight excluding hydrogens is 655 g/mol. The van der Waals surface area contributed by atoms with Gasteiger partial charge < -0.3 is 15.8 Å². The topological polar surface area (TPSA) is 204 Å². The molecule has 2 unspecified atom stereocenters. The largest absolute Gasteiger partial charge is 0.474 e. The molecule has 1 aliphatic carbocycles. The minimum Gasteiger partial charge on any atom is -0.474 e. The van der Waals surface area contributed by atoms with Gasteiger partial charge in [-0.25, -0.2) is 45.2 Å². The third-order valence-electron chi connectivity index (χ3n) is 8.35. The van der Waals surface area contributed by atoms with E-state index in [1.54, 1.807) is 30.3 Å². The zero-order valence-corrected chi connectivity index (χ0v) is 28.8. The third-order valence-corrected chi connectivity index (χ3v) is 12.8. The maximum atomic E-state index is 12.9. The molecule has 2 aliphatic heterocycles. The number of sulfonamides is 1. The van der Waals surface area contributed by atoms with Gasteiger partial charge in [0.25, 0.3) is 0 Å². The molecule has 1 saturated carbocycles.